The monoisotopic (exact) mass is 349 g/mol. The molecule has 6 nitrogen and oxygen atoms in total. The van der Waals surface area contributed by atoms with E-state index in [0.717, 1.165) is 22.0 Å². The number of hydrogen-bond acceptors (Lipinski definition) is 7. The zero-order chi connectivity index (χ0) is 16.2. The molecule has 0 aliphatic rings. The van der Waals surface area contributed by atoms with Crippen LogP contribution in [0.2, 0.25) is 0 Å². The third kappa shape index (κ3) is 4.02. The van der Waals surface area contributed by atoms with Crippen LogP contribution in [-0.2, 0) is 22.3 Å². The van der Waals surface area contributed by atoms with Gasteiger partial charge in [0.05, 0.1) is 29.3 Å². The second-order valence-corrected chi connectivity index (χ2v) is 7.35. The fourth-order valence-electron chi connectivity index (χ4n) is 2.00. The van der Waals surface area contributed by atoms with Gasteiger partial charge in [0, 0.05) is 21.7 Å². The molecular formula is C15H15N3O3S2. The van der Waals surface area contributed by atoms with Crippen molar-refractivity contribution in [3.63, 3.8) is 0 Å². The first-order valence-electron chi connectivity index (χ1n) is 6.87. The van der Waals surface area contributed by atoms with E-state index in [0.29, 0.717) is 17.5 Å². The molecule has 0 aliphatic heterocycles. The van der Waals surface area contributed by atoms with Crippen molar-refractivity contribution in [2.75, 3.05) is 7.11 Å². The van der Waals surface area contributed by atoms with Crippen molar-refractivity contribution in [2.24, 2.45) is 0 Å². The smallest absolute Gasteiger partial charge is 0.257 e. The Morgan fingerprint density at radius 3 is 2.65 bits per heavy atom. The van der Waals surface area contributed by atoms with E-state index in [1.54, 1.807) is 18.4 Å². The highest BCUT2D eigenvalue weighted by Gasteiger charge is 2.13. The second-order valence-electron chi connectivity index (χ2n) is 4.83. The van der Waals surface area contributed by atoms with Crippen molar-refractivity contribution in [3.05, 3.63) is 46.2 Å². The van der Waals surface area contributed by atoms with Crippen LogP contribution in [0.1, 0.15) is 16.5 Å². The number of aromatic nitrogens is 3. The Bertz CT molecular complexity index is 811. The minimum absolute atomic E-state index is 0.246. The number of nitrogens with zero attached hydrogens (tertiary/aromatic N) is 3. The van der Waals surface area contributed by atoms with Crippen LogP contribution in [0.5, 0.6) is 5.75 Å². The molecule has 120 valence electrons. The van der Waals surface area contributed by atoms with E-state index in [2.05, 4.69) is 15.1 Å². The zero-order valence-electron chi connectivity index (χ0n) is 12.7. The number of methoxy groups -OCH3 is 1. The second kappa shape index (κ2) is 7.01. The predicted octanol–water partition coefficient (Wildman–Crippen LogP) is 2.96. The number of aryl methyl sites for hydroxylation is 1. The number of hydrogen-bond donors (Lipinski definition) is 0. The van der Waals surface area contributed by atoms with Crippen LogP contribution in [0.3, 0.4) is 0 Å². The Kier molecular flexibility index (Phi) is 4.82. The van der Waals surface area contributed by atoms with Crippen LogP contribution >= 0.6 is 11.3 Å². The molecule has 0 amide bonds. The summed E-state index contributed by atoms with van der Waals surface area (Å²) in [6, 6.07) is 7.32. The lowest BCUT2D eigenvalue weighted by atomic mass is 10.2. The van der Waals surface area contributed by atoms with Gasteiger partial charge >= 0.3 is 0 Å². The Morgan fingerprint density at radius 1 is 1.22 bits per heavy atom. The summed E-state index contributed by atoms with van der Waals surface area (Å²) in [5.41, 5.74) is 1.63. The van der Waals surface area contributed by atoms with Crippen molar-refractivity contribution in [3.8, 4) is 17.2 Å². The van der Waals surface area contributed by atoms with Gasteiger partial charge in [0.25, 0.3) is 5.89 Å². The highest BCUT2D eigenvalue weighted by atomic mass is 32.2. The molecular weight excluding hydrogens is 334 g/mol. The molecule has 8 heteroatoms. The third-order valence-electron chi connectivity index (χ3n) is 3.07. The fourth-order valence-corrected chi connectivity index (χ4v) is 3.70. The summed E-state index contributed by atoms with van der Waals surface area (Å²) < 4.78 is 22.5. The predicted molar refractivity (Wildman–Crippen MR) is 88.7 cm³/mol. The minimum Gasteiger partial charge on any atom is -0.497 e. The summed E-state index contributed by atoms with van der Waals surface area (Å²) in [7, 11) is 0.492. The molecule has 3 aromatic rings. The van der Waals surface area contributed by atoms with Gasteiger partial charge in [-0.15, -0.1) is 11.3 Å². The molecule has 0 saturated carbocycles. The highest BCUT2D eigenvalue weighted by Crippen LogP contribution is 2.21. The lowest BCUT2D eigenvalue weighted by Crippen LogP contribution is -2.01. The number of ether oxygens (including phenoxy) is 1. The Balaban J connectivity index is 1.65. The summed E-state index contributed by atoms with van der Waals surface area (Å²) in [5.74, 6) is 2.24. The molecule has 0 N–H and O–H groups in total. The van der Waals surface area contributed by atoms with Gasteiger partial charge in [0.1, 0.15) is 5.75 Å². The molecule has 3 rings (SSSR count). The van der Waals surface area contributed by atoms with E-state index in [4.69, 9.17) is 9.26 Å². The summed E-state index contributed by atoms with van der Waals surface area (Å²) in [6.45, 7) is 1.93. The topological polar surface area (TPSA) is 78.1 Å². The van der Waals surface area contributed by atoms with Crippen LogP contribution in [-0.4, -0.2) is 26.4 Å². The molecule has 0 bridgehead atoms. The van der Waals surface area contributed by atoms with Gasteiger partial charge in [-0.1, -0.05) is 5.16 Å². The van der Waals surface area contributed by atoms with E-state index in [9.17, 15) is 4.21 Å². The number of benzene rings is 1. The van der Waals surface area contributed by atoms with Crippen molar-refractivity contribution in [2.45, 2.75) is 18.4 Å². The van der Waals surface area contributed by atoms with Crippen LogP contribution < -0.4 is 4.74 Å². The standard InChI is InChI=1S/C15H15N3O3S2/c1-10-16-12(7-22-10)8-23(19)9-14-17-15(21-18-14)11-3-5-13(20-2)6-4-11/h3-7H,8-9H2,1-2H3/t23-/m1/s1. The molecule has 0 spiro atoms. The normalized spacial score (nSPS) is 12.3. The Labute approximate surface area is 140 Å². The maximum atomic E-state index is 12.2. The van der Waals surface area contributed by atoms with Crippen molar-refractivity contribution < 1.29 is 13.5 Å². The molecule has 1 aromatic carbocycles. The number of rotatable bonds is 6. The molecule has 1 atom stereocenters. The summed E-state index contributed by atoms with van der Waals surface area (Å²) in [4.78, 5) is 8.60. The van der Waals surface area contributed by atoms with E-state index in [1.807, 2.05) is 36.6 Å². The fraction of sp³-hybridized carbons (Fsp3) is 0.267. The average molecular weight is 349 g/mol. The third-order valence-corrected chi connectivity index (χ3v) is 5.09. The minimum atomic E-state index is -1.12. The van der Waals surface area contributed by atoms with Gasteiger partial charge in [-0.05, 0) is 31.2 Å². The molecule has 2 heterocycles. The first-order valence-corrected chi connectivity index (χ1v) is 9.24. The lowest BCUT2D eigenvalue weighted by molar-refractivity contribution is 0.414. The quantitative estimate of drug-likeness (QED) is 0.681. The van der Waals surface area contributed by atoms with Gasteiger partial charge in [-0.25, -0.2) is 4.98 Å². The summed E-state index contributed by atoms with van der Waals surface area (Å²) in [6.07, 6.45) is 0. The zero-order valence-corrected chi connectivity index (χ0v) is 14.3. The Morgan fingerprint density at radius 2 is 2.00 bits per heavy atom. The van der Waals surface area contributed by atoms with Gasteiger partial charge in [-0.2, -0.15) is 4.98 Å². The van der Waals surface area contributed by atoms with E-state index < -0.39 is 10.8 Å². The molecule has 0 saturated heterocycles. The van der Waals surface area contributed by atoms with Gasteiger partial charge in [0.2, 0.25) is 0 Å². The van der Waals surface area contributed by atoms with Crippen LogP contribution in [0.4, 0.5) is 0 Å². The molecule has 0 radical (unpaired) electrons. The maximum absolute atomic E-state index is 12.2. The maximum Gasteiger partial charge on any atom is 0.257 e. The van der Waals surface area contributed by atoms with Gasteiger partial charge in [-0.3, -0.25) is 4.21 Å². The summed E-state index contributed by atoms with van der Waals surface area (Å²) >= 11 is 1.55. The molecule has 0 unspecified atom stereocenters. The van der Waals surface area contributed by atoms with Gasteiger partial charge < -0.3 is 9.26 Å². The number of thiazole rings is 1. The molecule has 2 aromatic heterocycles. The summed E-state index contributed by atoms with van der Waals surface area (Å²) in [5, 5.41) is 6.79. The van der Waals surface area contributed by atoms with E-state index >= 15 is 0 Å². The lowest BCUT2D eigenvalue weighted by Gasteiger charge is -1.98. The average Bonchev–Trinajstić information content (AvgIpc) is 3.16. The van der Waals surface area contributed by atoms with E-state index in [1.165, 1.54) is 0 Å². The van der Waals surface area contributed by atoms with Crippen molar-refractivity contribution in [1.82, 2.24) is 15.1 Å². The highest BCUT2D eigenvalue weighted by molar-refractivity contribution is 7.83. The largest absolute Gasteiger partial charge is 0.497 e. The van der Waals surface area contributed by atoms with E-state index in [-0.39, 0.29) is 5.75 Å². The van der Waals surface area contributed by atoms with Crippen LogP contribution in [0.25, 0.3) is 11.5 Å². The van der Waals surface area contributed by atoms with Crippen LogP contribution in [0, 0.1) is 6.92 Å². The molecule has 0 fully saturated rings. The molecule has 0 aliphatic carbocycles. The first-order chi connectivity index (χ1) is 11.1. The Hall–Kier alpha value is -2.06. The van der Waals surface area contributed by atoms with Crippen LogP contribution in [0.15, 0.2) is 34.2 Å². The first kappa shape index (κ1) is 15.8. The van der Waals surface area contributed by atoms with Gasteiger partial charge in [0.15, 0.2) is 5.82 Å². The van der Waals surface area contributed by atoms with Crippen molar-refractivity contribution in [1.29, 1.82) is 0 Å². The molecule has 23 heavy (non-hydrogen) atoms. The van der Waals surface area contributed by atoms with Crippen molar-refractivity contribution >= 4 is 22.1 Å². The SMILES string of the molecule is COc1ccc(-c2nc(C[S@](=O)Cc3csc(C)n3)no2)cc1.